The van der Waals surface area contributed by atoms with Crippen LogP contribution in [0.1, 0.15) is 6.42 Å². The Morgan fingerprint density at radius 1 is 1.37 bits per heavy atom. The Balaban J connectivity index is 2.91. The molecule has 0 aliphatic heterocycles. The van der Waals surface area contributed by atoms with E-state index in [1.165, 1.54) is 19.2 Å². The molecule has 1 N–H and O–H groups in total. The van der Waals surface area contributed by atoms with Crippen molar-refractivity contribution in [3.05, 3.63) is 28.3 Å². The van der Waals surface area contributed by atoms with Crippen LogP contribution in [0.15, 0.2) is 18.2 Å². The second-order valence-electron chi connectivity index (χ2n) is 3.44. The minimum atomic E-state index is -0.707. The van der Waals surface area contributed by atoms with E-state index in [-0.39, 0.29) is 17.1 Å². The van der Waals surface area contributed by atoms with Crippen molar-refractivity contribution < 1.29 is 24.0 Å². The number of methoxy groups -OCH3 is 2. The molecular weight excluding hydrogens is 256 g/mol. The van der Waals surface area contributed by atoms with Gasteiger partial charge in [0.25, 0.3) is 5.69 Å². The third-order valence-corrected chi connectivity index (χ3v) is 2.20. The Kier molecular flexibility index (Phi) is 4.81. The standard InChI is InChI=1S/C11H12N2O6/c1-18-9-4-3-7(13(16)17)5-8(9)12-10(14)6-11(15)19-2/h3-5H,6H2,1-2H3,(H,12,14). The normalized spacial score (nSPS) is 9.58. The monoisotopic (exact) mass is 268 g/mol. The maximum atomic E-state index is 11.5. The van der Waals surface area contributed by atoms with Crippen LogP contribution in [0.4, 0.5) is 11.4 Å². The SMILES string of the molecule is COC(=O)CC(=O)Nc1cc([N+](=O)[O-])ccc1OC. The van der Waals surface area contributed by atoms with E-state index >= 15 is 0 Å². The molecule has 0 fully saturated rings. The molecule has 0 atom stereocenters. The summed E-state index contributed by atoms with van der Waals surface area (Å²) >= 11 is 0. The number of ether oxygens (including phenoxy) is 2. The molecule has 0 aliphatic rings. The van der Waals surface area contributed by atoms with Crippen LogP contribution in [0, 0.1) is 10.1 Å². The van der Waals surface area contributed by atoms with E-state index in [2.05, 4.69) is 10.1 Å². The molecule has 1 rings (SSSR count). The van der Waals surface area contributed by atoms with E-state index in [1.54, 1.807) is 0 Å². The highest BCUT2D eigenvalue weighted by Gasteiger charge is 2.15. The average molecular weight is 268 g/mol. The second kappa shape index (κ2) is 6.34. The summed E-state index contributed by atoms with van der Waals surface area (Å²) in [7, 11) is 2.51. The average Bonchev–Trinajstić information content (AvgIpc) is 2.38. The van der Waals surface area contributed by atoms with Gasteiger partial charge in [-0.3, -0.25) is 19.7 Å². The summed E-state index contributed by atoms with van der Waals surface area (Å²) in [4.78, 5) is 32.5. The molecule has 0 saturated carbocycles. The largest absolute Gasteiger partial charge is 0.495 e. The minimum absolute atomic E-state index is 0.116. The lowest BCUT2D eigenvalue weighted by atomic mass is 10.2. The number of carbonyl (C=O) groups excluding carboxylic acids is 2. The molecule has 0 unspecified atom stereocenters. The molecule has 0 aliphatic carbocycles. The van der Waals surface area contributed by atoms with Crippen LogP contribution in [0.3, 0.4) is 0 Å². The smallest absolute Gasteiger partial charge is 0.315 e. The Bertz CT molecular complexity index is 514. The minimum Gasteiger partial charge on any atom is -0.495 e. The summed E-state index contributed by atoms with van der Waals surface area (Å²) in [6, 6.07) is 3.74. The van der Waals surface area contributed by atoms with Crippen LogP contribution in [0.5, 0.6) is 5.75 Å². The van der Waals surface area contributed by atoms with Crippen molar-refractivity contribution in [3.8, 4) is 5.75 Å². The van der Waals surface area contributed by atoms with Crippen molar-refractivity contribution in [3.63, 3.8) is 0 Å². The molecule has 19 heavy (non-hydrogen) atoms. The fourth-order valence-electron chi connectivity index (χ4n) is 1.30. The number of benzene rings is 1. The number of nitro groups is 1. The van der Waals surface area contributed by atoms with Crippen molar-refractivity contribution in [2.24, 2.45) is 0 Å². The van der Waals surface area contributed by atoms with Gasteiger partial charge < -0.3 is 14.8 Å². The van der Waals surface area contributed by atoms with Gasteiger partial charge in [0.2, 0.25) is 5.91 Å². The van der Waals surface area contributed by atoms with Crippen LogP contribution < -0.4 is 10.1 Å². The first-order chi connectivity index (χ1) is 8.97. The lowest BCUT2D eigenvalue weighted by molar-refractivity contribution is -0.384. The molecule has 0 radical (unpaired) electrons. The van der Waals surface area contributed by atoms with Gasteiger partial charge in [-0.25, -0.2) is 0 Å². The topological polar surface area (TPSA) is 108 Å². The van der Waals surface area contributed by atoms with Crippen LogP contribution in [0.2, 0.25) is 0 Å². The highest BCUT2D eigenvalue weighted by Crippen LogP contribution is 2.28. The lowest BCUT2D eigenvalue weighted by Gasteiger charge is -2.09. The molecule has 0 saturated heterocycles. The van der Waals surface area contributed by atoms with Crippen molar-refractivity contribution in [1.82, 2.24) is 0 Å². The molecule has 0 bridgehead atoms. The summed E-state index contributed by atoms with van der Waals surface area (Å²) in [6.07, 6.45) is -0.484. The zero-order valence-corrected chi connectivity index (χ0v) is 10.3. The van der Waals surface area contributed by atoms with Crippen molar-refractivity contribution in [2.75, 3.05) is 19.5 Å². The van der Waals surface area contributed by atoms with Crippen LogP contribution in [-0.2, 0) is 14.3 Å². The van der Waals surface area contributed by atoms with Gasteiger partial charge in [-0.05, 0) is 6.07 Å². The predicted octanol–water partition coefficient (Wildman–Crippen LogP) is 1.10. The number of amides is 1. The molecule has 0 aromatic heterocycles. The molecule has 1 aromatic carbocycles. The Morgan fingerprint density at radius 3 is 2.58 bits per heavy atom. The molecule has 1 aromatic rings. The molecule has 102 valence electrons. The highest BCUT2D eigenvalue weighted by molar-refractivity contribution is 6.02. The van der Waals surface area contributed by atoms with Gasteiger partial charge in [0, 0.05) is 12.1 Å². The van der Waals surface area contributed by atoms with E-state index in [0.717, 1.165) is 13.2 Å². The van der Waals surface area contributed by atoms with E-state index in [0.29, 0.717) is 0 Å². The summed E-state index contributed by atoms with van der Waals surface area (Å²) in [5.74, 6) is -1.10. The number of non-ortho nitro benzene ring substituents is 1. The Morgan fingerprint density at radius 2 is 2.05 bits per heavy atom. The molecular formula is C11H12N2O6. The second-order valence-corrected chi connectivity index (χ2v) is 3.44. The van der Waals surface area contributed by atoms with Crippen LogP contribution >= 0.6 is 0 Å². The van der Waals surface area contributed by atoms with E-state index in [1.807, 2.05) is 0 Å². The third-order valence-electron chi connectivity index (χ3n) is 2.20. The zero-order valence-electron chi connectivity index (χ0n) is 10.3. The van der Waals surface area contributed by atoms with Crippen LogP contribution in [0.25, 0.3) is 0 Å². The van der Waals surface area contributed by atoms with Gasteiger partial charge in [0.15, 0.2) is 0 Å². The Hall–Kier alpha value is -2.64. The van der Waals surface area contributed by atoms with Gasteiger partial charge in [-0.2, -0.15) is 0 Å². The summed E-state index contributed by atoms with van der Waals surface area (Å²) in [5.41, 5.74) is -0.0835. The molecule has 0 heterocycles. The maximum absolute atomic E-state index is 11.5. The van der Waals surface area contributed by atoms with E-state index in [9.17, 15) is 19.7 Å². The number of nitrogens with one attached hydrogen (secondary N) is 1. The van der Waals surface area contributed by atoms with Gasteiger partial charge in [0.05, 0.1) is 24.8 Å². The molecule has 0 spiro atoms. The number of hydrogen-bond donors (Lipinski definition) is 1. The predicted molar refractivity (Wildman–Crippen MR) is 64.9 cm³/mol. The first kappa shape index (κ1) is 14.4. The van der Waals surface area contributed by atoms with E-state index in [4.69, 9.17) is 4.74 Å². The van der Waals surface area contributed by atoms with Gasteiger partial charge in [-0.1, -0.05) is 0 Å². The van der Waals surface area contributed by atoms with Gasteiger partial charge in [-0.15, -0.1) is 0 Å². The first-order valence-corrected chi connectivity index (χ1v) is 5.17. The highest BCUT2D eigenvalue weighted by atomic mass is 16.6. The summed E-state index contributed by atoms with van der Waals surface area (Å²) in [6.45, 7) is 0. The lowest BCUT2D eigenvalue weighted by Crippen LogP contribution is -2.17. The van der Waals surface area contributed by atoms with Crippen molar-refractivity contribution >= 4 is 23.3 Å². The molecule has 8 nitrogen and oxygen atoms in total. The number of hydrogen-bond acceptors (Lipinski definition) is 6. The number of carbonyl (C=O) groups is 2. The molecule has 8 heteroatoms. The fraction of sp³-hybridized carbons (Fsp3) is 0.273. The number of esters is 1. The summed E-state index contributed by atoms with van der Waals surface area (Å²) < 4.78 is 9.30. The van der Waals surface area contributed by atoms with Crippen LogP contribution in [-0.4, -0.2) is 31.0 Å². The van der Waals surface area contributed by atoms with Crippen molar-refractivity contribution in [1.29, 1.82) is 0 Å². The fourth-order valence-corrected chi connectivity index (χ4v) is 1.30. The van der Waals surface area contributed by atoms with E-state index < -0.39 is 23.2 Å². The maximum Gasteiger partial charge on any atom is 0.315 e. The quantitative estimate of drug-likeness (QED) is 0.371. The number of anilines is 1. The first-order valence-electron chi connectivity index (χ1n) is 5.17. The van der Waals surface area contributed by atoms with Crippen molar-refractivity contribution in [2.45, 2.75) is 6.42 Å². The number of rotatable bonds is 5. The van der Waals surface area contributed by atoms with Gasteiger partial charge in [0.1, 0.15) is 12.2 Å². The summed E-state index contributed by atoms with van der Waals surface area (Å²) in [5, 5.41) is 13.0. The molecule has 1 amide bonds. The van der Waals surface area contributed by atoms with Gasteiger partial charge >= 0.3 is 5.97 Å². The number of nitrogens with zero attached hydrogens (tertiary/aromatic N) is 1. The third kappa shape index (κ3) is 3.95. The zero-order chi connectivity index (χ0) is 14.4. The Labute approximate surface area is 108 Å². The number of nitro benzene ring substituents is 1.